The molecule has 0 saturated heterocycles. The fourth-order valence-corrected chi connectivity index (χ4v) is 3.53. The molecule has 8 heteroatoms. The van der Waals surface area contributed by atoms with E-state index < -0.39 is 0 Å². The van der Waals surface area contributed by atoms with Gasteiger partial charge in [0.2, 0.25) is 5.91 Å². The van der Waals surface area contributed by atoms with Gasteiger partial charge in [-0.05, 0) is 51.3 Å². The minimum absolute atomic E-state index is 0.0880. The van der Waals surface area contributed by atoms with E-state index in [9.17, 15) is 9.59 Å². The molecular formula is C19H23ClN4O3. The molecule has 1 atom stereocenters. The van der Waals surface area contributed by atoms with Crippen molar-refractivity contribution in [3.8, 4) is 0 Å². The third kappa shape index (κ3) is 4.14. The Bertz CT molecular complexity index is 849. The van der Waals surface area contributed by atoms with Gasteiger partial charge in [0.15, 0.2) is 5.69 Å². The zero-order valence-corrected chi connectivity index (χ0v) is 16.3. The molecule has 1 heterocycles. The maximum Gasteiger partial charge on any atom is 0.298 e. The molecular weight excluding hydrogens is 368 g/mol. The van der Waals surface area contributed by atoms with Gasteiger partial charge in [0.25, 0.3) is 5.91 Å². The zero-order chi connectivity index (χ0) is 19.6. The van der Waals surface area contributed by atoms with E-state index in [4.69, 9.17) is 16.4 Å². The minimum Gasteiger partial charge on any atom is -0.326 e. The van der Waals surface area contributed by atoms with Gasteiger partial charge in [-0.25, -0.2) is 5.06 Å². The Labute approximate surface area is 163 Å². The van der Waals surface area contributed by atoms with E-state index in [0.717, 1.165) is 11.3 Å². The number of rotatable bonds is 5. The van der Waals surface area contributed by atoms with Gasteiger partial charge in [0.05, 0.1) is 13.2 Å². The summed E-state index contributed by atoms with van der Waals surface area (Å²) >= 11 is 5.97. The van der Waals surface area contributed by atoms with E-state index in [1.54, 1.807) is 24.3 Å². The number of carbonyl (C=O) groups excluding carboxylic acids is 2. The van der Waals surface area contributed by atoms with Crippen LogP contribution in [0.5, 0.6) is 0 Å². The van der Waals surface area contributed by atoms with Gasteiger partial charge in [-0.1, -0.05) is 17.7 Å². The lowest BCUT2D eigenvalue weighted by molar-refractivity contribution is -0.120. The largest absolute Gasteiger partial charge is 0.326 e. The predicted octanol–water partition coefficient (Wildman–Crippen LogP) is 3.22. The van der Waals surface area contributed by atoms with E-state index in [2.05, 4.69) is 15.5 Å². The average molecular weight is 391 g/mol. The number of H-pyrrole nitrogens is 1. The molecule has 0 bridgehead atoms. The molecule has 2 amide bonds. The topological polar surface area (TPSA) is 87.3 Å². The number of fused-ring (bicyclic) bond motifs is 1. The Balaban J connectivity index is 1.76. The summed E-state index contributed by atoms with van der Waals surface area (Å²) in [6.07, 6.45) is 1.81. The maximum absolute atomic E-state index is 12.8. The van der Waals surface area contributed by atoms with Crippen LogP contribution >= 0.6 is 11.6 Å². The number of anilines is 1. The van der Waals surface area contributed by atoms with Gasteiger partial charge in [0, 0.05) is 27.9 Å². The van der Waals surface area contributed by atoms with Crippen LogP contribution in [0.3, 0.4) is 0 Å². The van der Waals surface area contributed by atoms with Crippen molar-refractivity contribution in [3.63, 3.8) is 0 Å². The molecule has 1 aromatic heterocycles. The van der Waals surface area contributed by atoms with Crippen molar-refractivity contribution >= 4 is 29.1 Å². The van der Waals surface area contributed by atoms with Crippen LogP contribution in [0.1, 0.15) is 42.0 Å². The lowest BCUT2D eigenvalue weighted by Crippen LogP contribution is -2.37. The highest BCUT2D eigenvalue weighted by Gasteiger charge is 2.32. The second-order valence-corrected chi connectivity index (χ2v) is 7.31. The number of aromatic nitrogens is 2. The highest BCUT2D eigenvalue weighted by molar-refractivity contribution is 6.30. The summed E-state index contributed by atoms with van der Waals surface area (Å²) < 4.78 is 0. The normalized spacial score (nSPS) is 16.1. The number of hydrogen-bond acceptors (Lipinski definition) is 4. The molecule has 2 aromatic rings. The summed E-state index contributed by atoms with van der Waals surface area (Å²) in [4.78, 5) is 30.6. The molecule has 0 fully saturated rings. The second-order valence-electron chi connectivity index (χ2n) is 6.88. The lowest BCUT2D eigenvalue weighted by Gasteiger charge is -2.25. The Kier molecular flexibility index (Phi) is 5.82. The second kappa shape index (κ2) is 8.10. The van der Waals surface area contributed by atoms with Crippen LogP contribution in [-0.2, 0) is 22.5 Å². The van der Waals surface area contributed by atoms with Gasteiger partial charge in [-0.2, -0.15) is 5.10 Å². The first-order chi connectivity index (χ1) is 12.9. The molecule has 27 heavy (non-hydrogen) atoms. The molecule has 1 unspecified atom stereocenters. The number of carbonyl (C=O) groups is 2. The highest BCUT2D eigenvalue weighted by Crippen LogP contribution is 2.29. The molecule has 1 aromatic carbocycles. The first-order valence-corrected chi connectivity index (χ1v) is 9.28. The van der Waals surface area contributed by atoms with Crippen LogP contribution in [0.25, 0.3) is 0 Å². The van der Waals surface area contributed by atoms with Crippen LogP contribution in [0, 0.1) is 5.92 Å². The maximum atomic E-state index is 12.8. The van der Waals surface area contributed by atoms with E-state index in [0.29, 0.717) is 35.7 Å². The smallest absolute Gasteiger partial charge is 0.298 e. The molecule has 0 spiro atoms. The van der Waals surface area contributed by atoms with E-state index in [-0.39, 0.29) is 23.8 Å². The summed E-state index contributed by atoms with van der Waals surface area (Å²) in [5.74, 6) is -0.633. The fraction of sp³-hybridized carbons (Fsp3) is 0.421. The van der Waals surface area contributed by atoms with Gasteiger partial charge < -0.3 is 5.32 Å². The summed E-state index contributed by atoms with van der Waals surface area (Å²) in [5.41, 5.74) is 2.68. The minimum atomic E-state index is -0.305. The van der Waals surface area contributed by atoms with Gasteiger partial charge in [-0.15, -0.1) is 0 Å². The molecule has 1 aliphatic rings. The number of halogens is 1. The number of nitrogens with one attached hydrogen (secondary N) is 2. The Hall–Kier alpha value is -2.38. The zero-order valence-electron chi connectivity index (χ0n) is 15.6. The van der Waals surface area contributed by atoms with Gasteiger partial charge in [-0.3, -0.25) is 19.5 Å². The van der Waals surface area contributed by atoms with Crippen LogP contribution in [-0.4, -0.2) is 40.2 Å². The number of hydroxylamine groups is 2. The Morgan fingerprint density at radius 1 is 1.41 bits per heavy atom. The molecule has 7 nitrogen and oxygen atoms in total. The number of amides is 2. The highest BCUT2D eigenvalue weighted by atomic mass is 35.5. The average Bonchev–Trinajstić information content (AvgIpc) is 3.05. The monoisotopic (exact) mass is 390 g/mol. The summed E-state index contributed by atoms with van der Waals surface area (Å²) in [7, 11) is 1.46. The van der Waals surface area contributed by atoms with Crippen LogP contribution in [0.2, 0.25) is 5.02 Å². The van der Waals surface area contributed by atoms with E-state index in [1.165, 1.54) is 12.2 Å². The van der Waals surface area contributed by atoms with Crippen LogP contribution < -0.4 is 5.32 Å². The van der Waals surface area contributed by atoms with E-state index in [1.807, 2.05) is 13.8 Å². The molecule has 144 valence electrons. The molecule has 0 aliphatic heterocycles. The lowest BCUT2D eigenvalue weighted by atomic mass is 9.85. The third-order valence-electron chi connectivity index (χ3n) is 4.68. The Morgan fingerprint density at radius 2 is 2.19 bits per heavy atom. The molecule has 0 radical (unpaired) electrons. The molecule has 2 N–H and O–H groups in total. The van der Waals surface area contributed by atoms with Crippen LogP contribution in [0.4, 0.5) is 5.69 Å². The fourth-order valence-electron chi connectivity index (χ4n) is 3.34. The predicted molar refractivity (Wildman–Crippen MR) is 102 cm³/mol. The number of aryl methyl sites for hydroxylation is 1. The number of aromatic amines is 1. The first-order valence-electron chi connectivity index (χ1n) is 8.91. The van der Waals surface area contributed by atoms with Crippen molar-refractivity contribution < 1.29 is 14.4 Å². The molecule has 0 saturated carbocycles. The van der Waals surface area contributed by atoms with Crippen LogP contribution in [0.15, 0.2) is 24.3 Å². The number of hydrogen-bond donors (Lipinski definition) is 2. The third-order valence-corrected chi connectivity index (χ3v) is 4.91. The van der Waals surface area contributed by atoms with Crippen molar-refractivity contribution in [2.45, 2.75) is 39.2 Å². The first kappa shape index (κ1) is 19.4. The van der Waals surface area contributed by atoms with Gasteiger partial charge in [0.1, 0.15) is 0 Å². The number of nitrogens with zero attached hydrogens (tertiary/aromatic N) is 2. The summed E-state index contributed by atoms with van der Waals surface area (Å²) in [6, 6.07) is 6.92. The van der Waals surface area contributed by atoms with E-state index >= 15 is 0 Å². The quantitative estimate of drug-likeness (QED) is 0.767. The standard InChI is InChI=1S/C19H23ClN4O3/c1-11(2)24(27-3)19(26)17-15-9-12(7-8-16(15)22-23-17)18(25)21-14-6-4-5-13(20)10-14/h4-6,10-12H,7-9H2,1-3H3,(H,21,25)(H,22,23). The van der Waals surface area contributed by atoms with Gasteiger partial charge >= 0.3 is 0 Å². The van der Waals surface area contributed by atoms with Crippen molar-refractivity contribution in [3.05, 3.63) is 46.2 Å². The Morgan fingerprint density at radius 3 is 2.85 bits per heavy atom. The summed E-state index contributed by atoms with van der Waals surface area (Å²) in [5, 5.41) is 11.9. The van der Waals surface area contributed by atoms with Crippen molar-refractivity contribution in [1.82, 2.24) is 15.3 Å². The van der Waals surface area contributed by atoms with Crippen molar-refractivity contribution in [1.29, 1.82) is 0 Å². The van der Waals surface area contributed by atoms with Crippen molar-refractivity contribution in [2.24, 2.45) is 5.92 Å². The molecule has 1 aliphatic carbocycles. The van der Waals surface area contributed by atoms with Crippen molar-refractivity contribution in [2.75, 3.05) is 12.4 Å². The number of benzene rings is 1. The summed E-state index contributed by atoms with van der Waals surface area (Å²) in [6.45, 7) is 3.73. The SMILES string of the molecule is CON(C(=O)c1n[nH]c2c1CC(C(=O)Nc1cccc(Cl)c1)CC2)C(C)C. The molecule has 3 rings (SSSR count).